The lowest BCUT2D eigenvalue weighted by molar-refractivity contribution is -0.120. The lowest BCUT2D eigenvalue weighted by Crippen LogP contribution is -2.35. The molecule has 5 nitrogen and oxygen atoms in total. The Hall–Kier alpha value is -1.90. The molecule has 162 valence electrons. The van der Waals surface area contributed by atoms with Crippen LogP contribution in [0.15, 0.2) is 58.3 Å². The van der Waals surface area contributed by atoms with Crippen LogP contribution in [0.2, 0.25) is 0 Å². The predicted molar refractivity (Wildman–Crippen MR) is 118 cm³/mol. The second-order valence-electron chi connectivity index (χ2n) is 7.29. The average Bonchev–Trinajstić information content (AvgIpc) is 2.76. The van der Waals surface area contributed by atoms with Crippen molar-refractivity contribution in [3.05, 3.63) is 59.9 Å². The SMILES string of the molecule is O=C(Cc1ccc(S(=O)(=O)N2CCCCC2)cc1)NCCCSc1ccc(F)cc1. The van der Waals surface area contributed by atoms with E-state index in [1.807, 2.05) is 0 Å². The third kappa shape index (κ3) is 6.55. The third-order valence-electron chi connectivity index (χ3n) is 4.97. The largest absolute Gasteiger partial charge is 0.356 e. The number of sulfonamides is 1. The summed E-state index contributed by atoms with van der Waals surface area (Å²) in [6, 6.07) is 13.0. The fourth-order valence-corrected chi connectivity index (χ4v) is 5.67. The first kappa shape index (κ1) is 22.8. The molecule has 0 saturated carbocycles. The Labute approximate surface area is 182 Å². The van der Waals surface area contributed by atoms with Gasteiger partial charge in [-0.05, 0) is 67.0 Å². The molecule has 0 radical (unpaired) electrons. The number of nitrogens with one attached hydrogen (secondary N) is 1. The monoisotopic (exact) mass is 450 g/mol. The molecule has 1 aliphatic heterocycles. The molecule has 1 amide bonds. The van der Waals surface area contributed by atoms with Crippen LogP contribution in [0, 0.1) is 5.82 Å². The second kappa shape index (κ2) is 10.9. The van der Waals surface area contributed by atoms with E-state index in [0.29, 0.717) is 19.6 Å². The Morgan fingerprint density at radius 2 is 1.67 bits per heavy atom. The van der Waals surface area contributed by atoms with E-state index in [1.165, 1.54) is 12.1 Å². The van der Waals surface area contributed by atoms with Crippen molar-refractivity contribution in [2.24, 2.45) is 0 Å². The highest BCUT2D eigenvalue weighted by Gasteiger charge is 2.25. The van der Waals surface area contributed by atoms with Gasteiger partial charge in [-0.25, -0.2) is 12.8 Å². The van der Waals surface area contributed by atoms with Crippen molar-refractivity contribution in [2.75, 3.05) is 25.4 Å². The van der Waals surface area contributed by atoms with Crippen LogP contribution in [-0.2, 0) is 21.2 Å². The van der Waals surface area contributed by atoms with Crippen LogP contribution in [0.1, 0.15) is 31.2 Å². The molecule has 1 saturated heterocycles. The molecule has 0 atom stereocenters. The Bertz CT molecular complexity index is 926. The van der Waals surface area contributed by atoms with E-state index in [0.717, 1.165) is 41.9 Å². The molecule has 2 aromatic rings. The van der Waals surface area contributed by atoms with Crippen LogP contribution in [0.3, 0.4) is 0 Å². The van der Waals surface area contributed by atoms with Gasteiger partial charge in [-0.1, -0.05) is 18.6 Å². The van der Waals surface area contributed by atoms with Gasteiger partial charge < -0.3 is 5.32 Å². The number of hydrogen-bond donors (Lipinski definition) is 1. The van der Waals surface area contributed by atoms with Gasteiger partial charge in [0.25, 0.3) is 0 Å². The van der Waals surface area contributed by atoms with Gasteiger partial charge in [0, 0.05) is 24.5 Å². The van der Waals surface area contributed by atoms with Gasteiger partial charge in [0.1, 0.15) is 5.82 Å². The van der Waals surface area contributed by atoms with Gasteiger partial charge in [-0.3, -0.25) is 4.79 Å². The number of thioether (sulfide) groups is 1. The van der Waals surface area contributed by atoms with Crippen molar-refractivity contribution in [3.8, 4) is 0 Å². The van der Waals surface area contributed by atoms with Gasteiger partial charge >= 0.3 is 0 Å². The first-order chi connectivity index (χ1) is 14.4. The fraction of sp³-hybridized carbons (Fsp3) is 0.409. The molecular weight excluding hydrogens is 423 g/mol. The van der Waals surface area contributed by atoms with Crippen molar-refractivity contribution < 1.29 is 17.6 Å². The highest BCUT2D eigenvalue weighted by Crippen LogP contribution is 2.21. The van der Waals surface area contributed by atoms with Crippen LogP contribution < -0.4 is 5.32 Å². The van der Waals surface area contributed by atoms with Gasteiger partial charge in [0.05, 0.1) is 11.3 Å². The summed E-state index contributed by atoms with van der Waals surface area (Å²) in [4.78, 5) is 13.4. The Morgan fingerprint density at radius 1 is 1.00 bits per heavy atom. The summed E-state index contributed by atoms with van der Waals surface area (Å²) in [6.45, 7) is 1.71. The van der Waals surface area contributed by atoms with Crippen LogP contribution in [-0.4, -0.2) is 44.0 Å². The van der Waals surface area contributed by atoms with Gasteiger partial charge in [-0.2, -0.15) is 4.31 Å². The highest BCUT2D eigenvalue weighted by atomic mass is 32.2. The fourth-order valence-electron chi connectivity index (χ4n) is 3.30. The summed E-state index contributed by atoms with van der Waals surface area (Å²) >= 11 is 1.62. The minimum Gasteiger partial charge on any atom is -0.356 e. The molecule has 1 aliphatic rings. The molecule has 1 fully saturated rings. The van der Waals surface area contributed by atoms with Crippen molar-refractivity contribution in [2.45, 2.75) is 41.9 Å². The number of nitrogens with zero attached hydrogens (tertiary/aromatic N) is 1. The summed E-state index contributed by atoms with van der Waals surface area (Å²) in [6.07, 6.45) is 3.90. The number of carbonyl (C=O) groups is 1. The van der Waals surface area contributed by atoms with E-state index >= 15 is 0 Å². The molecule has 0 bridgehead atoms. The van der Waals surface area contributed by atoms with Crippen LogP contribution in [0.25, 0.3) is 0 Å². The van der Waals surface area contributed by atoms with E-state index in [4.69, 9.17) is 0 Å². The Morgan fingerprint density at radius 3 is 2.33 bits per heavy atom. The smallest absolute Gasteiger partial charge is 0.243 e. The number of halogens is 1. The van der Waals surface area contributed by atoms with Crippen molar-refractivity contribution >= 4 is 27.7 Å². The highest BCUT2D eigenvalue weighted by molar-refractivity contribution is 7.99. The second-order valence-corrected chi connectivity index (χ2v) is 10.4. The lowest BCUT2D eigenvalue weighted by Gasteiger charge is -2.25. The molecule has 2 aromatic carbocycles. The molecule has 1 heterocycles. The maximum absolute atomic E-state index is 12.9. The summed E-state index contributed by atoms with van der Waals surface area (Å²) in [5, 5.41) is 2.88. The summed E-state index contributed by atoms with van der Waals surface area (Å²) in [5.74, 6) is 0.492. The van der Waals surface area contributed by atoms with Crippen LogP contribution in [0.5, 0.6) is 0 Å². The van der Waals surface area contributed by atoms with Crippen LogP contribution >= 0.6 is 11.8 Å². The van der Waals surface area contributed by atoms with E-state index < -0.39 is 10.0 Å². The molecule has 0 spiro atoms. The first-order valence-electron chi connectivity index (χ1n) is 10.2. The zero-order valence-corrected chi connectivity index (χ0v) is 18.5. The van der Waals surface area contributed by atoms with Crippen molar-refractivity contribution in [3.63, 3.8) is 0 Å². The van der Waals surface area contributed by atoms with Gasteiger partial charge in [0.15, 0.2) is 0 Å². The minimum atomic E-state index is -3.44. The maximum Gasteiger partial charge on any atom is 0.243 e. The summed E-state index contributed by atoms with van der Waals surface area (Å²) in [5.41, 5.74) is 0.783. The van der Waals surface area contributed by atoms with Crippen molar-refractivity contribution in [1.82, 2.24) is 9.62 Å². The number of amides is 1. The quantitative estimate of drug-likeness (QED) is 0.466. The maximum atomic E-state index is 12.9. The molecule has 1 N–H and O–H groups in total. The normalized spacial score (nSPS) is 15.1. The number of rotatable bonds is 9. The molecule has 0 aromatic heterocycles. The molecule has 30 heavy (non-hydrogen) atoms. The summed E-state index contributed by atoms with van der Waals surface area (Å²) in [7, 11) is -3.44. The molecular formula is C22H27FN2O3S2. The van der Waals surface area contributed by atoms with Crippen molar-refractivity contribution in [1.29, 1.82) is 0 Å². The van der Waals surface area contributed by atoms with Gasteiger partial charge in [-0.15, -0.1) is 11.8 Å². The topological polar surface area (TPSA) is 66.5 Å². The zero-order chi connectivity index (χ0) is 21.4. The Kier molecular flexibility index (Phi) is 8.30. The Balaban J connectivity index is 1.40. The minimum absolute atomic E-state index is 0.0894. The van der Waals surface area contributed by atoms with Crippen LogP contribution in [0.4, 0.5) is 4.39 Å². The summed E-state index contributed by atoms with van der Waals surface area (Å²) < 4.78 is 39.8. The third-order valence-corrected chi connectivity index (χ3v) is 7.98. The molecule has 0 aliphatic carbocycles. The standard InChI is InChI=1S/C22H27FN2O3S2/c23-19-7-9-20(10-8-19)29-16-4-13-24-22(26)17-18-5-11-21(12-6-18)30(27,28)25-14-2-1-3-15-25/h5-12H,1-4,13-17H2,(H,24,26). The molecule has 8 heteroatoms. The van der Waals surface area contributed by atoms with E-state index in [-0.39, 0.29) is 23.0 Å². The zero-order valence-electron chi connectivity index (χ0n) is 16.8. The average molecular weight is 451 g/mol. The van der Waals surface area contributed by atoms with E-state index in [1.54, 1.807) is 52.5 Å². The number of hydrogen-bond acceptors (Lipinski definition) is 4. The van der Waals surface area contributed by atoms with E-state index in [9.17, 15) is 17.6 Å². The van der Waals surface area contributed by atoms with Gasteiger partial charge in [0.2, 0.25) is 15.9 Å². The lowest BCUT2D eigenvalue weighted by atomic mass is 10.1. The number of benzene rings is 2. The predicted octanol–water partition coefficient (Wildman–Crippen LogP) is 3.84. The number of piperidine rings is 1. The van der Waals surface area contributed by atoms with E-state index in [2.05, 4.69) is 5.32 Å². The molecule has 0 unspecified atom stereocenters. The molecule has 3 rings (SSSR count). The number of carbonyl (C=O) groups excluding carboxylic acids is 1. The first-order valence-corrected chi connectivity index (χ1v) is 12.6.